The molecule has 0 atom stereocenters. The average molecular weight is 268 g/mol. The van der Waals surface area contributed by atoms with E-state index in [0.717, 1.165) is 23.3 Å². The van der Waals surface area contributed by atoms with Gasteiger partial charge in [0.15, 0.2) is 0 Å². The highest BCUT2D eigenvalue weighted by atomic mass is 16.5. The van der Waals surface area contributed by atoms with E-state index in [1.165, 1.54) is 5.56 Å². The molecule has 0 unspecified atom stereocenters. The summed E-state index contributed by atoms with van der Waals surface area (Å²) in [5, 5.41) is 0. The summed E-state index contributed by atoms with van der Waals surface area (Å²) < 4.78 is 5.31. The molecule has 0 spiro atoms. The van der Waals surface area contributed by atoms with Crippen LogP contribution in [0.1, 0.15) is 23.1 Å². The Morgan fingerprint density at radius 3 is 2.55 bits per heavy atom. The molecule has 0 aliphatic rings. The Morgan fingerprint density at radius 2 is 1.85 bits per heavy atom. The molecule has 20 heavy (non-hydrogen) atoms. The summed E-state index contributed by atoms with van der Waals surface area (Å²) in [5.74, 6) is 1.04. The van der Waals surface area contributed by atoms with Crippen molar-refractivity contribution in [2.24, 2.45) is 0 Å². The van der Waals surface area contributed by atoms with Gasteiger partial charge >= 0.3 is 0 Å². The number of aryl methyl sites for hydroxylation is 2. The van der Waals surface area contributed by atoms with Gasteiger partial charge in [-0.25, -0.2) is 0 Å². The predicted molar refractivity (Wildman–Crippen MR) is 81.2 cm³/mol. The van der Waals surface area contributed by atoms with Gasteiger partial charge in [0.25, 0.3) is 0 Å². The van der Waals surface area contributed by atoms with Gasteiger partial charge in [-0.3, -0.25) is 4.79 Å². The van der Waals surface area contributed by atoms with Gasteiger partial charge in [-0.1, -0.05) is 48.0 Å². The fourth-order valence-electron chi connectivity index (χ4n) is 2.27. The molecule has 0 saturated carbocycles. The van der Waals surface area contributed by atoms with Crippen molar-refractivity contribution in [1.29, 1.82) is 0 Å². The number of Topliss-reactive ketones (excluding diaryl/α,β-unsaturated/α-hetero) is 1. The van der Waals surface area contributed by atoms with E-state index in [2.05, 4.69) is 12.1 Å². The third-order valence-electron chi connectivity index (χ3n) is 3.36. The molecule has 0 fully saturated rings. The normalized spacial score (nSPS) is 10.3. The SMILES string of the molecule is COc1ccc(C)cc1CC(=O)CCc1ccccc1. The van der Waals surface area contributed by atoms with E-state index in [-0.39, 0.29) is 5.78 Å². The first kappa shape index (κ1) is 14.3. The molecule has 0 heterocycles. The minimum absolute atomic E-state index is 0.248. The number of carbonyl (C=O) groups excluding carboxylic acids is 1. The smallest absolute Gasteiger partial charge is 0.137 e. The van der Waals surface area contributed by atoms with Gasteiger partial charge in [-0.2, -0.15) is 0 Å². The Morgan fingerprint density at radius 1 is 1.10 bits per heavy atom. The molecule has 2 aromatic carbocycles. The zero-order valence-electron chi connectivity index (χ0n) is 12.1. The lowest BCUT2D eigenvalue weighted by molar-refractivity contribution is -0.118. The molecule has 0 radical (unpaired) electrons. The molecule has 0 bridgehead atoms. The first-order valence-corrected chi connectivity index (χ1v) is 6.88. The van der Waals surface area contributed by atoms with Crippen molar-refractivity contribution < 1.29 is 9.53 Å². The summed E-state index contributed by atoms with van der Waals surface area (Å²) in [5.41, 5.74) is 3.33. The van der Waals surface area contributed by atoms with Crippen LogP contribution in [0, 0.1) is 6.92 Å². The van der Waals surface area contributed by atoms with E-state index in [1.807, 2.05) is 43.3 Å². The second kappa shape index (κ2) is 6.90. The van der Waals surface area contributed by atoms with Gasteiger partial charge in [0, 0.05) is 18.4 Å². The van der Waals surface area contributed by atoms with Crippen LogP contribution in [0.3, 0.4) is 0 Å². The van der Waals surface area contributed by atoms with E-state index in [0.29, 0.717) is 12.8 Å². The van der Waals surface area contributed by atoms with Crippen molar-refractivity contribution in [3.05, 3.63) is 65.2 Å². The Labute approximate surface area is 120 Å². The highest BCUT2D eigenvalue weighted by Crippen LogP contribution is 2.21. The molecule has 2 rings (SSSR count). The van der Waals surface area contributed by atoms with Crippen LogP contribution in [-0.2, 0) is 17.6 Å². The van der Waals surface area contributed by atoms with Crippen molar-refractivity contribution in [2.45, 2.75) is 26.2 Å². The Kier molecular flexibility index (Phi) is 4.94. The number of ether oxygens (including phenoxy) is 1. The minimum Gasteiger partial charge on any atom is -0.496 e. The molecule has 104 valence electrons. The minimum atomic E-state index is 0.248. The van der Waals surface area contributed by atoms with Gasteiger partial charge in [0.2, 0.25) is 0 Å². The summed E-state index contributed by atoms with van der Waals surface area (Å²) in [6, 6.07) is 16.1. The zero-order valence-corrected chi connectivity index (χ0v) is 12.1. The van der Waals surface area contributed by atoms with Crippen LogP contribution >= 0.6 is 0 Å². The van der Waals surface area contributed by atoms with Gasteiger partial charge < -0.3 is 4.74 Å². The highest BCUT2D eigenvalue weighted by Gasteiger charge is 2.09. The van der Waals surface area contributed by atoms with E-state index < -0.39 is 0 Å². The van der Waals surface area contributed by atoms with Crippen molar-refractivity contribution in [1.82, 2.24) is 0 Å². The van der Waals surface area contributed by atoms with E-state index in [9.17, 15) is 4.79 Å². The van der Waals surface area contributed by atoms with Gasteiger partial charge in [-0.15, -0.1) is 0 Å². The fraction of sp³-hybridized carbons (Fsp3) is 0.278. The van der Waals surface area contributed by atoms with Crippen molar-refractivity contribution in [3.63, 3.8) is 0 Å². The van der Waals surface area contributed by atoms with Gasteiger partial charge in [0.05, 0.1) is 7.11 Å². The van der Waals surface area contributed by atoms with Crippen LogP contribution in [0.2, 0.25) is 0 Å². The monoisotopic (exact) mass is 268 g/mol. The zero-order chi connectivity index (χ0) is 14.4. The maximum atomic E-state index is 12.1. The molecule has 0 amide bonds. The number of carbonyl (C=O) groups is 1. The lowest BCUT2D eigenvalue weighted by atomic mass is 10.0. The van der Waals surface area contributed by atoms with Gasteiger partial charge in [-0.05, 0) is 25.0 Å². The van der Waals surface area contributed by atoms with Crippen LogP contribution in [0.5, 0.6) is 5.75 Å². The maximum Gasteiger partial charge on any atom is 0.137 e. The first-order valence-electron chi connectivity index (χ1n) is 6.88. The molecule has 0 aliphatic heterocycles. The standard InChI is InChI=1S/C18H20O2/c1-14-8-11-18(20-2)16(12-14)13-17(19)10-9-15-6-4-3-5-7-15/h3-8,11-12H,9-10,13H2,1-2H3. The summed E-state index contributed by atoms with van der Waals surface area (Å²) >= 11 is 0. The largest absolute Gasteiger partial charge is 0.496 e. The Hall–Kier alpha value is -2.09. The number of hydrogen-bond acceptors (Lipinski definition) is 2. The summed E-state index contributed by atoms with van der Waals surface area (Å²) in [6.45, 7) is 2.03. The van der Waals surface area contributed by atoms with Crippen LogP contribution in [0.15, 0.2) is 48.5 Å². The molecule has 2 nitrogen and oxygen atoms in total. The molecular formula is C18H20O2. The van der Waals surface area contributed by atoms with E-state index >= 15 is 0 Å². The van der Waals surface area contributed by atoms with Crippen molar-refractivity contribution in [3.8, 4) is 5.75 Å². The lowest BCUT2D eigenvalue weighted by Crippen LogP contribution is -2.06. The molecular weight excluding hydrogens is 248 g/mol. The predicted octanol–water partition coefficient (Wildman–Crippen LogP) is 3.75. The molecule has 2 aromatic rings. The number of methoxy groups -OCH3 is 1. The topological polar surface area (TPSA) is 26.3 Å². The molecule has 0 aromatic heterocycles. The number of ketones is 1. The van der Waals surface area contributed by atoms with Crippen LogP contribution in [0.4, 0.5) is 0 Å². The quantitative estimate of drug-likeness (QED) is 0.797. The second-order valence-electron chi connectivity index (χ2n) is 5.02. The molecule has 0 N–H and O–H groups in total. The summed E-state index contributed by atoms with van der Waals surface area (Å²) in [6.07, 6.45) is 1.81. The maximum absolute atomic E-state index is 12.1. The molecule has 2 heteroatoms. The van der Waals surface area contributed by atoms with Crippen LogP contribution in [-0.4, -0.2) is 12.9 Å². The van der Waals surface area contributed by atoms with Crippen LogP contribution in [0.25, 0.3) is 0 Å². The highest BCUT2D eigenvalue weighted by molar-refractivity contribution is 5.81. The van der Waals surface area contributed by atoms with Gasteiger partial charge in [0.1, 0.15) is 11.5 Å². The number of hydrogen-bond donors (Lipinski definition) is 0. The van der Waals surface area contributed by atoms with Crippen molar-refractivity contribution >= 4 is 5.78 Å². The Balaban J connectivity index is 1.96. The van der Waals surface area contributed by atoms with E-state index in [1.54, 1.807) is 7.11 Å². The van der Waals surface area contributed by atoms with E-state index in [4.69, 9.17) is 4.74 Å². The van der Waals surface area contributed by atoms with Crippen molar-refractivity contribution in [2.75, 3.05) is 7.11 Å². The second-order valence-corrected chi connectivity index (χ2v) is 5.02. The van der Waals surface area contributed by atoms with Crippen LogP contribution < -0.4 is 4.74 Å². The lowest BCUT2D eigenvalue weighted by Gasteiger charge is -2.09. The molecule has 0 aliphatic carbocycles. The summed E-state index contributed by atoms with van der Waals surface area (Å²) in [7, 11) is 1.64. The third-order valence-corrected chi connectivity index (χ3v) is 3.36. The summed E-state index contributed by atoms with van der Waals surface area (Å²) in [4.78, 5) is 12.1. The third kappa shape index (κ3) is 3.95. The first-order chi connectivity index (χ1) is 9.69. The fourth-order valence-corrected chi connectivity index (χ4v) is 2.27. The number of benzene rings is 2. The average Bonchev–Trinajstić information content (AvgIpc) is 2.46. The molecule has 0 saturated heterocycles. The number of rotatable bonds is 6. The Bertz CT molecular complexity index is 573.